The summed E-state index contributed by atoms with van der Waals surface area (Å²) in [7, 11) is 3.51. The molecule has 1 aliphatic rings. The summed E-state index contributed by atoms with van der Waals surface area (Å²) in [6.45, 7) is 2.30. The molecule has 0 aliphatic carbocycles. The Labute approximate surface area is 180 Å². The van der Waals surface area contributed by atoms with Crippen LogP contribution in [0.3, 0.4) is 0 Å². The predicted molar refractivity (Wildman–Crippen MR) is 116 cm³/mol. The number of methoxy groups -OCH3 is 1. The van der Waals surface area contributed by atoms with Gasteiger partial charge in [0.25, 0.3) is 5.91 Å². The first kappa shape index (κ1) is 21.2. The summed E-state index contributed by atoms with van der Waals surface area (Å²) < 4.78 is 12.7. The van der Waals surface area contributed by atoms with Crippen molar-refractivity contribution in [3.8, 4) is 5.75 Å². The molecule has 0 unspecified atom stereocenters. The molecule has 1 amide bonds. The number of rotatable bonds is 4. The number of aryl methyl sites for hydroxylation is 1. The third-order valence-corrected chi connectivity index (χ3v) is 5.09. The van der Waals surface area contributed by atoms with E-state index in [1.807, 2.05) is 34.8 Å². The van der Waals surface area contributed by atoms with Crippen molar-refractivity contribution < 1.29 is 14.3 Å². The highest BCUT2D eigenvalue weighted by atomic mass is 35.5. The number of nitrogens with one attached hydrogen (secondary N) is 1. The molecule has 1 aliphatic heterocycles. The van der Waals surface area contributed by atoms with Gasteiger partial charge in [-0.25, -0.2) is 4.98 Å². The number of morpholine rings is 1. The van der Waals surface area contributed by atoms with Gasteiger partial charge in [0.15, 0.2) is 0 Å². The van der Waals surface area contributed by atoms with E-state index in [-0.39, 0.29) is 18.3 Å². The molecule has 0 bridgehead atoms. The predicted octanol–water partition coefficient (Wildman–Crippen LogP) is 3.87. The fourth-order valence-corrected chi connectivity index (χ4v) is 3.57. The summed E-state index contributed by atoms with van der Waals surface area (Å²) in [4.78, 5) is 19.4. The number of benzene rings is 1. The summed E-state index contributed by atoms with van der Waals surface area (Å²) >= 11 is 6.05. The van der Waals surface area contributed by atoms with Gasteiger partial charge in [0.05, 0.1) is 37.1 Å². The highest BCUT2D eigenvalue weighted by Crippen LogP contribution is 2.33. The number of ether oxygens (including phenoxy) is 2. The van der Waals surface area contributed by atoms with Gasteiger partial charge in [-0.05, 0) is 18.2 Å². The lowest BCUT2D eigenvalue weighted by Crippen LogP contribution is -2.40. The van der Waals surface area contributed by atoms with Crippen molar-refractivity contribution in [2.24, 2.45) is 7.05 Å². The minimum Gasteiger partial charge on any atom is -0.495 e. The summed E-state index contributed by atoms with van der Waals surface area (Å²) in [5.41, 5.74) is 2.16. The van der Waals surface area contributed by atoms with Crippen molar-refractivity contribution in [1.82, 2.24) is 14.5 Å². The van der Waals surface area contributed by atoms with Gasteiger partial charge in [-0.1, -0.05) is 11.6 Å². The van der Waals surface area contributed by atoms with Crippen molar-refractivity contribution in [3.05, 3.63) is 47.2 Å². The van der Waals surface area contributed by atoms with Gasteiger partial charge in [-0.3, -0.25) is 4.79 Å². The number of anilines is 2. The van der Waals surface area contributed by atoms with Crippen molar-refractivity contribution in [2.45, 2.75) is 0 Å². The Hall–Kier alpha value is -2.48. The number of carbonyl (C=O) groups excluding carboxylic acids is 1. The molecule has 0 spiro atoms. The molecule has 0 radical (unpaired) electrons. The molecule has 0 saturated carbocycles. The number of aromatic nitrogens is 2. The summed E-state index contributed by atoms with van der Waals surface area (Å²) in [5, 5.41) is 4.75. The zero-order chi connectivity index (χ0) is 19.7. The van der Waals surface area contributed by atoms with Crippen LogP contribution < -0.4 is 10.1 Å². The molecule has 9 heteroatoms. The van der Waals surface area contributed by atoms with Crippen LogP contribution in [0.1, 0.15) is 10.4 Å². The average Bonchev–Trinajstić information content (AvgIpc) is 3.12. The molecular weight excluding hydrogens is 415 g/mol. The van der Waals surface area contributed by atoms with Crippen LogP contribution in [-0.2, 0) is 11.8 Å². The van der Waals surface area contributed by atoms with E-state index in [1.165, 1.54) is 0 Å². The Bertz CT molecular complexity index is 1030. The number of nitrogens with zero attached hydrogens (tertiary/aromatic N) is 3. The van der Waals surface area contributed by atoms with Crippen LogP contribution in [0.2, 0.25) is 5.02 Å². The Morgan fingerprint density at radius 3 is 2.76 bits per heavy atom. The van der Waals surface area contributed by atoms with Crippen molar-refractivity contribution in [3.63, 3.8) is 0 Å². The lowest BCUT2D eigenvalue weighted by Gasteiger charge is -2.27. The Morgan fingerprint density at radius 2 is 2.03 bits per heavy atom. The third kappa shape index (κ3) is 4.12. The number of halogens is 2. The SMILES string of the molecule is COc1cc(Cl)ccc1Nc1ncc(C(=O)N2CCOCC2)c2c1ccn2C.Cl. The first-order valence-electron chi connectivity index (χ1n) is 9.00. The monoisotopic (exact) mass is 436 g/mol. The second-order valence-electron chi connectivity index (χ2n) is 6.58. The zero-order valence-corrected chi connectivity index (χ0v) is 17.7. The summed E-state index contributed by atoms with van der Waals surface area (Å²) in [6, 6.07) is 7.31. The molecule has 3 heterocycles. The molecule has 4 rings (SSSR count). The molecule has 3 aromatic rings. The smallest absolute Gasteiger partial charge is 0.257 e. The van der Waals surface area contributed by atoms with Gasteiger partial charge in [0.1, 0.15) is 11.6 Å². The Morgan fingerprint density at radius 1 is 1.28 bits per heavy atom. The van der Waals surface area contributed by atoms with E-state index in [9.17, 15) is 4.79 Å². The fraction of sp³-hybridized carbons (Fsp3) is 0.300. The maximum atomic E-state index is 13.0. The number of hydrogen-bond acceptors (Lipinski definition) is 5. The molecule has 1 aromatic carbocycles. The van der Waals surface area contributed by atoms with Crippen molar-refractivity contribution >= 4 is 52.3 Å². The number of fused-ring (bicyclic) bond motifs is 1. The van der Waals surface area contributed by atoms with E-state index < -0.39 is 0 Å². The van der Waals surface area contributed by atoms with E-state index >= 15 is 0 Å². The first-order valence-corrected chi connectivity index (χ1v) is 9.38. The van der Waals surface area contributed by atoms with E-state index in [0.717, 1.165) is 16.6 Å². The van der Waals surface area contributed by atoms with Crippen molar-refractivity contribution in [2.75, 3.05) is 38.7 Å². The zero-order valence-electron chi connectivity index (χ0n) is 16.1. The van der Waals surface area contributed by atoms with E-state index in [4.69, 9.17) is 21.1 Å². The van der Waals surface area contributed by atoms with Crippen LogP contribution in [0, 0.1) is 0 Å². The minimum atomic E-state index is -0.0294. The molecule has 1 N–H and O–H groups in total. The number of carbonyl (C=O) groups is 1. The molecule has 1 fully saturated rings. The number of hydrogen-bond donors (Lipinski definition) is 1. The van der Waals surface area contributed by atoms with Gasteiger partial charge >= 0.3 is 0 Å². The van der Waals surface area contributed by atoms with Crippen molar-refractivity contribution in [1.29, 1.82) is 0 Å². The van der Waals surface area contributed by atoms with E-state index in [2.05, 4.69) is 10.3 Å². The molecule has 29 heavy (non-hydrogen) atoms. The van der Waals surface area contributed by atoms with Crippen LogP contribution in [0.15, 0.2) is 36.7 Å². The molecule has 1 saturated heterocycles. The minimum absolute atomic E-state index is 0. The Balaban J connectivity index is 0.00000240. The lowest BCUT2D eigenvalue weighted by atomic mass is 10.1. The second-order valence-corrected chi connectivity index (χ2v) is 7.02. The van der Waals surface area contributed by atoms with Gasteiger partial charge < -0.3 is 24.3 Å². The molecular formula is C20H22Cl2N4O3. The topological polar surface area (TPSA) is 68.6 Å². The summed E-state index contributed by atoms with van der Waals surface area (Å²) in [5.74, 6) is 1.24. The molecule has 2 aromatic heterocycles. The van der Waals surface area contributed by atoms with Gasteiger partial charge in [0.2, 0.25) is 0 Å². The largest absolute Gasteiger partial charge is 0.495 e. The molecule has 7 nitrogen and oxygen atoms in total. The average molecular weight is 437 g/mol. The standard InChI is InChI=1S/C20H21ClN4O3.ClH/c1-24-6-5-14-18(24)15(20(26)25-7-9-28-10-8-25)12-22-19(14)23-16-4-3-13(21)11-17(16)27-2;/h3-6,11-12H,7-10H2,1-2H3,(H,22,23);1H. The van der Waals surface area contributed by atoms with E-state index in [0.29, 0.717) is 48.5 Å². The van der Waals surface area contributed by atoms with Crippen LogP contribution in [0.25, 0.3) is 10.9 Å². The highest BCUT2D eigenvalue weighted by Gasteiger charge is 2.23. The fourth-order valence-electron chi connectivity index (χ4n) is 3.40. The van der Waals surface area contributed by atoms with Crippen LogP contribution in [-0.4, -0.2) is 53.8 Å². The highest BCUT2D eigenvalue weighted by molar-refractivity contribution is 6.30. The molecule has 154 valence electrons. The van der Waals surface area contributed by atoms with E-state index in [1.54, 1.807) is 25.4 Å². The maximum Gasteiger partial charge on any atom is 0.257 e. The van der Waals surface area contributed by atoms with Crippen LogP contribution >= 0.6 is 24.0 Å². The third-order valence-electron chi connectivity index (χ3n) is 4.85. The van der Waals surface area contributed by atoms with Crippen LogP contribution in [0.4, 0.5) is 11.5 Å². The Kier molecular flexibility index (Phi) is 6.52. The second kappa shape index (κ2) is 8.90. The maximum absolute atomic E-state index is 13.0. The first-order chi connectivity index (χ1) is 13.6. The quantitative estimate of drug-likeness (QED) is 0.671. The van der Waals surface area contributed by atoms with Gasteiger partial charge in [0, 0.05) is 49.0 Å². The number of amides is 1. The molecule has 0 atom stereocenters. The van der Waals surface area contributed by atoms with Crippen LogP contribution in [0.5, 0.6) is 5.75 Å². The normalized spacial score (nSPS) is 13.8. The van der Waals surface area contributed by atoms with Gasteiger partial charge in [-0.2, -0.15) is 0 Å². The lowest BCUT2D eigenvalue weighted by molar-refractivity contribution is 0.0303. The summed E-state index contributed by atoms with van der Waals surface area (Å²) in [6.07, 6.45) is 3.55. The number of pyridine rings is 1. The van der Waals surface area contributed by atoms with Gasteiger partial charge in [-0.15, -0.1) is 12.4 Å².